The number of fused-ring (bicyclic) bond motifs is 1. The second-order valence-electron chi connectivity index (χ2n) is 6.35. The number of pyridine rings is 1. The van der Waals surface area contributed by atoms with Gasteiger partial charge in [-0.2, -0.15) is 13.2 Å². The predicted octanol–water partition coefficient (Wildman–Crippen LogP) is 1.85. The summed E-state index contributed by atoms with van der Waals surface area (Å²) >= 11 is 0. The number of rotatable bonds is 7. The van der Waals surface area contributed by atoms with Gasteiger partial charge in [-0.25, -0.2) is 4.98 Å². The third-order valence-electron chi connectivity index (χ3n) is 3.92. The summed E-state index contributed by atoms with van der Waals surface area (Å²) in [6.45, 7) is -0.527. The van der Waals surface area contributed by atoms with Crippen molar-refractivity contribution in [3.05, 3.63) is 47.8 Å². The molecule has 31 heavy (non-hydrogen) atoms. The van der Waals surface area contributed by atoms with E-state index in [1.165, 1.54) is 12.3 Å². The number of aliphatic hydroxyl groups excluding tert-OH is 3. The highest BCUT2D eigenvalue weighted by molar-refractivity contribution is 7.84. The number of imidazole rings is 1. The van der Waals surface area contributed by atoms with E-state index in [1.807, 2.05) is 18.2 Å². The third-order valence-corrected chi connectivity index (χ3v) is 5.08. The van der Waals surface area contributed by atoms with Gasteiger partial charge in [0.1, 0.15) is 11.9 Å². The van der Waals surface area contributed by atoms with Gasteiger partial charge in [-0.1, -0.05) is 12.1 Å². The molecule has 0 unspecified atom stereocenters. The number of aliphatic hydroxyl groups is 3. The lowest BCUT2D eigenvalue weighted by molar-refractivity contribution is -0.153. The van der Waals surface area contributed by atoms with E-state index < -0.39 is 29.7 Å². The molecule has 0 saturated heterocycles. The Morgan fingerprint density at radius 2 is 1.87 bits per heavy atom. The summed E-state index contributed by atoms with van der Waals surface area (Å²) in [6.07, 6.45) is -4.04. The number of H-pyrrole nitrogens is 1. The number of aromatic nitrogens is 3. The molecule has 12 heteroatoms. The zero-order valence-electron chi connectivity index (χ0n) is 16.5. The Kier molecular flexibility index (Phi) is 8.92. The lowest BCUT2D eigenvalue weighted by atomic mass is 10.2. The Hall–Kier alpha value is -2.54. The second kappa shape index (κ2) is 11.2. The number of hydrogen-bond acceptors (Lipinski definition) is 7. The molecule has 8 nitrogen and oxygen atoms in total. The fraction of sp³-hybridized carbons (Fsp3) is 0.368. The highest BCUT2D eigenvalue weighted by Crippen LogP contribution is 2.24. The van der Waals surface area contributed by atoms with Crippen molar-refractivity contribution in [1.82, 2.24) is 15.0 Å². The van der Waals surface area contributed by atoms with Crippen molar-refractivity contribution in [2.24, 2.45) is 0 Å². The molecule has 3 rings (SSSR count). The first-order valence-corrected chi connectivity index (χ1v) is 10.3. The van der Waals surface area contributed by atoms with E-state index in [2.05, 4.69) is 15.0 Å². The molecule has 170 valence electrons. The van der Waals surface area contributed by atoms with E-state index in [0.717, 1.165) is 5.52 Å². The van der Waals surface area contributed by atoms with Gasteiger partial charge in [-0.3, -0.25) is 9.19 Å². The average molecular weight is 461 g/mol. The van der Waals surface area contributed by atoms with Crippen LogP contribution in [0.15, 0.2) is 41.7 Å². The number of aromatic amines is 1. The topological polar surface area (TPSA) is 129 Å². The normalized spacial score (nSPS) is 12.5. The zero-order chi connectivity index (χ0) is 23.0. The summed E-state index contributed by atoms with van der Waals surface area (Å²) in [4.78, 5) is 11.3. The number of ether oxygens (including phenoxy) is 1. The van der Waals surface area contributed by atoms with Gasteiger partial charge in [0.25, 0.3) is 0 Å². The highest BCUT2D eigenvalue weighted by atomic mass is 32.2. The monoisotopic (exact) mass is 461 g/mol. The summed E-state index contributed by atoms with van der Waals surface area (Å²) < 4.78 is 54.2. The van der Waals surface area contributed by atoms with Gasteiger partial charge < -0.3 is 25.0 Å². The highest BCUT2D eigenvalue weighted by Gasteiger charge is 2.29. The maximum Gasteiger partial charge on any atom is 0.422 e. The fourth-order valence-corrected chi connectivity index (χ4v) is 3.41. The molecular formula is C19H22F3N3O5S. The van der Waals surface area contributed by atoms with E-state index in [-0.39, 0.29) is 24.7 Å². The van der Waals surface area contributed by atoms with Crippen molar-refractivity contribution in [3.63, 3.8) is 0 Å². The number of para-hydroxylation sites is 2. The minimum Gasteiger partial charge on any atom is -0.484 e. The Bertz CT molecular complexity index is 976. The lowest BCUT2D eigenvalue weighted by Crippen LogP contribution is -2.19. The standard InChI is InChI=1S/C16H14F3N3O2S.C3H8O3/c1-10-13(20-7-6-14(10)24-9-16(17,18)19)8-25(23)15-21-11-4-2-3-5-12(11)22-15;4-1-3(6)2-5/h2-7H,8-9H2,1H3,(H,21,22);3-6H,1-2H2/t25-;/m1./s1. The SMILES string of the molecule is Cc1c(OCC(F)(F)F)ccnc1C[S@@](=O)c1nc2ccccc2[nH]1.OCC(O)CO. The van der Waals surface area contributed by atoms with Crippen molar-refractivity contribution >= 4 is 21.8 Å². The minimum absolute atomic E-state index is 0.0227. The first-order chi connectivity index (χ1) is 14.6. The van der Waals surface area contributed by atoms with Gasteiger partial charge in [0.2, 0.25) is 0 Å². The van der Waals surface area contributed by atoms with Crippen LogP contribution in [0.4, 0.5) is 13.2 Å². The van der Waals surface area contributed by atoms with Crippen LogP contribution in [0.3, 0.4) is 0 Å². The summed E-state index contributed by atoms with van der Waals surface area (Å²) in [7, 11) is -1.51. The Labute approximate surface area is 178 Å². The lowest BCUT2D eigenvalue weighted by Gasteiger charge is -2.13. The first kappa shape index (κ1) is 24.7. The number of alkyl halides is 3. The number of benzene rings is 1. The number of halogens is 3. The van der Waals surface area contributed by atoms with Crippen LogP contribution in [0.2, 0.25) is 0 Å². The largest absolute Gasteiger partial charge is 0.484 e. The Morgan fingerprint density at radius 1 is 1.19 bits per heavy atom. The van der Waals surface area contributed by atoms with Crippen molar-refractivity contribution in [2.75, 3.05) is 19.8 Å². The van der Waals surface area contributed by atoms with E-state index in [1.54, 1.807) is 13.0 Å². The smallest absolute Gasteiger partial charge is 0.422 e. The molecule has 4 N–H and O–H groups in total. The van der Waals surface area contributed by atoms with Crippen molar-refractivity contribution in [1.29, 1.82) is 0 Å². The molecular weight excluding hydrogens is 439 g/mol. The average Bonchev–Trinajstić information content (AvgIpc) is 3.18. The number of hydrogen-bond donors (Lipinski definition) is 4. The second-order valence-corrected chi connectivity index (χ2v) is 7.72. The number of nitrogens with one attached hydrogen (secondary N) is 1. The van der Waals surface area contributed by atoms with Gasteiger partial charge in [0, 0.05) is 11.8 Å². The van der Waals surface area contributed by atoms with Crippen LogP contribution in [-0.4, -0.2) is 66.6 Å². The molecule has 1 aromatic carbocycles. The summed E-state index contributed by atoms with van der Waals surface area (Å²) in [5, 5.41) is 24.3. The van der Waals surface area contributed by atoms with E-state index in [9.17, 15) is 17.4 Å². The van der Waals surface area contributed by atoms with Crippen LogP contribution < -0.4 is 4.74 Å². The van der Waals surface area contributed by atoms with Crippen molar-refractivity contribution in [3.8, 4) is 5.75 Å². The molecule has 3 aromatic rings. The van der Waals surface area contributed by atoms with Crippen LogP contribution in [0.25, 0.3) is 11.0 Å². The molecule has 2 aromatic heterocycles. The van der Waals surface area contributed by atoms with Gasteiger partial charge in [-0.05, 0) is 25.1 Å². The third kappa shape index (κ3) is 7.58. The molecule has 2 heterocycles. The molecule has 0 radical (unpaired) electrons. The molecule has 0 aliphatic carbocycles. The predicted molar refractivity (Wildman–Crippen MR) is 107 cm³/mol. The van der Waals surface area contributed by atoms with Crippen LogP contribution in [0, 0.1) is 6.92 Å². The maximum absolute atomic E-state index is 12.5. The van der Waals surface area contributed by atoms with Crippen molar-refractivity contribution in [2.45, 2.75) is 30.1 Å². The van der Waals surface area contributed by atoms with Crippen LogP contribution in [0.5, 0.6) is 5.75 Å². The summed E-state index contributed by atoms with van der Waals surface area (Å²) in [6, 6.07) is 8.62. The van der Waals surface area contributed by atoms with Crippen LogP contribution in [0.1, 0.15) is 11.3 Å². The number of nitrogens with zero attached hydrogens (tertiary/aromatic N) is 2. The van der Waals surface area contributed by atoms with Gasteiger partial charge in [0.15, 0.2) is 11.8 Å². The summed E-state index contributed by atoms with van der Waals surface area (Å²) in [5.41, 5.74) is 2.28. The molecule has 0 spiro atoms. The van der Waals surface area contributed by atoms with Gasteiger partial charge >= 0.3 is 6.18 Å². The molecule has 0 aliphatic heterocycles. The molecule has 0 amide bonds. The molecule has 1 atom stereocenters. The molecule has 0 aliphatic rings. The molecule has 0 saturated carbocycles. The molecule has 0 fully saturated rings. The van der Waals surface area contributed by atoms with E-state index in [0.29, 0.717) is 21.9 Å². The maximum atomic E-state index is 12.5. The summed E-state index contributed by atoms with van der Waals surface area (Å²) in [5.74, 6) is 0.0958. The van der Waals surface area contributed by atoms with Gasteiger partial charge in [-0.15, -0.1) is 0 Å². The zero-order valence-corrected chi connectivity index (χ0v) is 17.3. The first-order valence-electron chi connectivity index (χ1n) is 9.01. The van der Waals surface area contributed by atoms with Gasteiger partial charge in [0.05, 0.1) is 46.5 Å². The quantitative estimate of drug-likeness (QED) is 0.423. The minimum atomic E-state index is -4.42. The van der Waals surface area contributed by atoms with Crippen LogP contribution in [-0.2, 0) is 16.6 Å². The fourth-order valence-electron chi connectivity index (χ4n) is 2.31. The Morgan fingerprint density at radius 3 is 2.45 bits per heavy atom. The van der Waals surface area contributed by atoms with Crippen molar-refractivity contribution < 1.29 is 37.4 Å². The van der Waals surface area contributed by atoms with Crippen LogP contribution >= 0.6 is 0 Å². The van der Waals surface area contributed by atoms with E-state index in [4.69, 9.17) is 20.1 Å². The van der Waals surface area contributed by atoms with E-state index >= 15 is 0 Å². The Balaban J connectivity index is 0.000000501. The molecule has 0 bridgehead atoms.